The molecule has 0 aromatic heterocycles. The van der Waals surface area contributed by atoms with E-state index in [1.165, 1.54) is 7.11 Å². The molecule has 1 fully saturated rings. The van der Waals surface area contributed by atoms with Crippen LogP contribution in [0, 0.1) is 0 Å². The summed E-state index contributed by atoms with van der Waals surface area (Å²) in [7, 11) is 1.34. The van der Waals surface area contributed by atoms with E-state index in [2.05, 4.69) is 10.1 Å². The van der Waals surface area contributed by atoms with Crippen molar-refractivity contribution >= 4 is 5.97 Å². The molecule has 0 aliphatic carbocycles. The number of methoxy groups -OCH3 is 1. The summed E-state index contributed by atoms with van der Waals surface area (Å²) in [5.41, 5.74) is 0.143. The molecular weight excluding hydrogens is 194 g/mol. The lowest BCUT2D eigenvalue weighted by atomic mass is 9.85. The molecule has 1 aromatic carbocycles. The van der Waals surface area contributed by atoms with E-state index in [0.29, 0.717) is 24.2 Å². The smallest absolute Gasteiger partial charge is 0.338 e. The standard InChI is InChI=1S/C11H13NO3/c1-15-10(13)8-4-2-3-5-9(8)11(14)6-12-7-11/h2-5,12,14H,6-7H2,1H3. The zero-order valence-corrected chi connectivity index (χ0v) is 8.49. The van der Waals surface area contributed by atoms with Gasteiger partial charge in [0.2, 0.25) is 0 Å². The van der Waals surface area contributed by atoms with Gasteiger partial charge in [-0.1, -0.05) is 18.2 Å². The topological polar surface area (TPSA) is 58.6 Å². The first-order chi connectivity index (χ1) is 7.17. The van der Waals surface area contributed by atoms with E-state index in [-0.39, 0.29) is 0 Å². The normalized spacial score (nSPS) is 18.0. The summed E-state index contributed by atoms with van der Waals surface area (Å²) in [5.74, 6) is -0.411. The number of ether oxygens (including phenoxy) is 1. The van der Waals surface area contributed by atoms with Crippen LogP contribution in [0.2, 0.25) is 0 Å². The maximum Gasteiger partial charge on any atom is 0.338 e. The first kappa shape index (κ1) is 10.1. The molecule has 1 saturated heterocycles. The molecule has 1 aliphatic rings. The van der Waals surface area contributed by atoms with Crippen LogP contribution in [0.5, 0.6) is 0 Å². The summed E-state index contributed by atoms with van der Waals surface area (Å²) >= 11 is 0. The van der Waals surface area contributed by atoms with Crippen molar-refractivity contribution in [2.75, 3.05) is 20.2 Å². The highest BCUT2D eigenvalue weighted by Gasteiger charge is 2.38. The molecule has 0 amide bonds. The van der Waals surface area contributed by atoms with Crippen LogP contribution < -0.4 is 5.32 Å². The largest absolute Gasteiger partial charge is 0.465 e. The molecule has 2 rings (SSSR count). The van der Waals surface area contributed by atoms with Crippen LogP contribution in [-0.4, -0.2) is 31.3 Å². The summed E-state index contributed by atoms with van der Waals surface area (Å²) in [6, 6.07) is 6.98. The Bertz CT molecular complexity index is 385. The minimum atomic E-state index is -0.926. The van der Waals surface area contributed by atoms with E-state index in [4.69, 9.17) is 0 Å². The van der Waals surface area contributed by atoms with Crippen molar-refractivity contribution in [1.29, 1.82) is 0 Å². The quantitative estimate of drug-likeness (QED) is 0.683. The van der Waals surface area contributed by atoms with Gasteiger partial charge < -0.3 is 15.2 Å². The van der Waals surface area contributed by atoms with Crippen LogP contribution in [-0.2, 0) is 10.3 Å². The number of aliphatic hydroxyl groups is 1. The number of benzene rings is 1. The van der Waals surface area contributed by atoms with Gasteiger partial charge in [0.15, 0.2) is 0 Å². The van der Waals surface area contributed by atoms with E-state index in [1.54, 1.807) is 24.3 Å². The molecule has 0 spiro atoms. The summed E-state index contributed by atoms with van der Waals surface area (Å²) in [5, 5.41) is 13.1. The summed E-state index contributed by atoms with van der Waals surface area (Å²) < 4.78 is 4.67. The third kappa shape index (κ3) is 1.62. The van der Waals surface area contributed by atoms with Crippen LogP contribution in [0.1, 0.15) is 15.9 Å². The first-order valence-corrected chi connectivity index (χ1v) is 4.78. The maximum atomic E-state index is 11.5. The van der Waals surface area contributed by atoms with Gasteiger partial charge >= 0.3 is 5.97 Å². The number of rotatable bonds is 2. The van der Waals surface area contributed by atoms with Gasteiger partial charge in [-0.25, -0.2) is 4.79 Å². The van der Waals surface area contributed by atoms with Crippen molar-refractivity contribution in [3.05, 3.63) is 35.4 Å². The first-order valence-electron chi connectivity index (χ1n) is 4.78. The maximum absolute atomic E-state index is 11.5. The van der Waals surface area contributed by atoms with Crippen molar-refractivity contribution in [2.45, 2.75) is 5.60 Å². The Kier molecular flexibility index (Phi) is 2.46. The molecule has 0 radical (unpaired) electrons. The van der Waals surface area contributed by atoms with Crippen LogP contribution in [0.4, 0.5) is 0 Å². The average molecular weight is 207 g/mol. The number of hydrogen-bond acceptors (Lipinski definition) is 4. The van der Waals surface area contributed by atoms with Crippen molar-refractivity contribution in [2.24, 2.45) is 0 Å². The molecule has 1 aromatic rings. The molecule has 15 heavy (non-hydrogen) atoms. The number of hydrogen-bond donors (Lipinski definition) is 2. The number of nitrogens with one attached hydrogen (secondary N) is 1. The molecule has 1 heterocycles. The predicted molar refractivity (Wildman–Crippen MR) is 54.5 cm³/mol. The molecule has 0 saturated carbocycles. The Hall–Kier alpha value is -1.39. The van der Waals surface area contributed by atoms with Gasteiger partial charge in [-0.05, 0) is 6.07 Å². The minimum Gasteiger partial charge on any atom is -0.465 e. The molecule has 0 unspecified atom stereocenters. The average Bonchev–Trinajstić information content (AvgIpc) is 2.25. The second kappa shape index (κ2) is 3.64. The van der Waals surface area contributed by atoms with E-state index < -0.39 is 11.6 Å². The molecule has 0 atom stereocenters. The van der Waals surface area contributed by atoms with E-state index in [1.807, 2.05) is 0 Å². The van der Waals surface area contributed by atoms with Gasteiger partial charge in [0.1, 0.15) is 5.60 Å². The molecule has 80 valence electrons. The summed E-state index contributed by atoms with van der Waals surface area (Å²) in [4.78, 5) is 11.5. The third-order valence-electron chi connectivity index (χ3n) is 2.67. The van der Waals surface area contributed by atoms with Crippen LogP contribution in [0.15, 0.2) is 24.3 Å². The molecule has 2 N–H and O–H groups in total. The van der Waals surface area contributed by atoms with Crippen LogP contribution in [0.25, 0.3) is 0 Å². The van der Waals surface area contributed by atoms with Gasteiger partial charge in [-0.3, -0.25) is 0 Å². The van der Waals surface area contributed by atoms with Gasteiger partial charge in [-0.2, -0.15) is 0 Å². The fourth-order valence-electron chi connectivity index (χ4n) is 1.73. The fraction of sp³-hybridized carbons (Fsp3) is 0.364. The Morgan fingerprint density at radius 1 is 1.47 bits per heavy atom. The fourth-order valence-corrected chi connectivity index (χ4v) is 1.73. The summed E-state index contributed by atoms with van der Waals surface area (Å²) in [6.45, 7) is 0.946. The van der Waals surface area contributed by atoms with Crippen molar-refractivity contribution in [1.82, 2.24) is 5.32 Å². The highest BCUT2D eigenvalue weighted by Crippen LogP contribution is 2.28. The molecule has 0 bridgehead atoms. The Morgan fingerprint density at radius 3 is 2.67 bits per heavy atom. The van der Waals surface area contributed by atoms with Crippen molar-refractivity contribution < 1.29 is 14.6 Å². The highest BCUT2D eigenvalue weighted by molar-refractivity contribution is 5.91. The molecular formula is C11H13NO3. The zero-order chi connectivity index (χ0) is 10.9. The number of esters is 1. The van der Waals surface area contributed by atoms with Crippen molar-refractivity contribution in [3.63, 3.8) is 0 Å². The third-order valence-corrected chi connectivity index (χ3v) is 2.67. The lowest BCUT2D eigenvalue weighted by Crippen LogP contribution is -2.57. The van der Waals surface area contributed by atoms with Crippen molar-refractivity contribution in [3.8, 4) is 0 Å². The monoisotopic (exact) mass is 207 g/mol. The summed E-state index contributed by atoms with van der Waals surface area (Å²) in [6.07, 6.45) is 0. The number of carbonyl (C=O) groups is 1. The van der Waals surface area contributed by atoms with Gasteiger partial charge in [-0.15, -0.1) is 0 Å². The zero-order valence-electron chi connectivity index (χ0n) is 8.49. The van der Waals surface area contributed by atoms with E-state index in [9.17, 15) is 9.90 Å². The second-order valence-electron chi connectivity index (χ2n) is 3.67. The predicted octanol–water partition coefficient (Wildman–Crippen LogP) is 0.264. The van der Waals surface area contributed by atoms with E-state index in [0.717, 1.165) is 0 Å². The lowest BCUT2D eigenvalue weighted by molar-refractivity contribution is -0.0159. The molecule has 4 nitrogen and oxygen atoms in total. The Labute approximate surface area is 87.9 Å². The SMILES string of the molecule is COC(=O)c1ccccc1C1(O)CNC1. The van der Waals surface area contributed by atoms with Gasteiger partial charge in [0.25, 0.3) is 0 Å². The highest BCUT2D eigenvalue weighted by atomic mass is 16.5. The molecule has 4 heteroatoms. The van der Waals surface area contributed by atoms with Gasteiger partial charge in [0.05, 0.1) is 12.7 Å². The van der Waals surface area contributed by atoms with E-state index >= 15 is 0 Å². The van der Waals surface area contributed by atoms with Gasteiger partial charge in [0, 0.05) is 18.7 Å². The number of carbonyl (C=O) groups excluding carboxylic acids is 1. The number of β-amino-alcohol motifs (C(OH)–C–C–N with tert-alkyl or cyclic N) is 1. The van der Waals surface area contributed by atoms with Crippen LogP contribution >= 0.6 is 0 Å². The lowest BCUT2D eigenvalue weighted by Gasteiger charge is -2.38. The second-order valence-corrected chi connectivity index (χ2v) is 3.67. The molecule has 1 aliphatic heterocycles. The van der Waals surface area contributed by atoms with Crippen LogP contribution in [0.3, 0.4) is 0 Å². The Morgan fingerprint density at radius 2 is 2.13 bits per heavy atom. The minimum absolute atomic E-state index is 0.411. The Balaban J connectivity index is 2.42.